The van der Waals surface area contributed by atoms with E-state index >= 15 is 0 Å². The third kappa shape index (κ3) is 1.73. The fourth-order valence-electron chi connectivity index (χ4n) is 1.46. The molecule has 0 spiro atoms. The van der Waals surface area contributed by atoms with E-state index < -0.39 is 9.84 Å². The Hall–Kier alpha value is -0.950. The van der Waals surface area contributed by atoms with Crippen molar-refractivity contribution in [2.45, 2.75) is 19.0 Å². The maximum Gasteiger partial charge on any atom is 0.248 e. The number of rotatable bonds is 1. The molecule has 7 heteroatoms. The molecule has 2 rings (SSSR count). The molecule has 0 radical (unpaired) electrons. The number of hydrogen-bond acceptors (Lipinski definition) is 4. The first-order valence-corrected chi connectivity index (χ1v) is 7.21. The SMILES string of the molecule is Cc1cc2c(Br)c(C)nn2c(S(C)(=O)=O)n1. The molecule has 0 saturated heterocycles. The molecule has 0 N–H and O–H groups in total. The van der Waals surface area contributed by atoms with Gasteiger partial charge in [0.2, 0.25) is 15.0 Å². The van der Waals surface area contributed by atoms with Gasteiger partial charge in [-0.2, -0.15) is 5.10 Å². The summed E-state index contributed by atoms with van der Waals surface area (Å²) < 4.78 is 25.3. The van der Waals surface area contributed by atoms with Gasteiger partial charge < -0.3 is 0 Å². The highest BCUT2D eigenvalue weighted by Crippen LogP contribution is 2.24. The van der Waals surface area contributed by atoms with Crippen molar-refractivity contribution in [3.63, 3.8) is 0 Å². The molecule has 0 fully saturated rings. The Morgan fingerprint density at radius 1 is 1.38 bits per heavy atom. The molecule has 2 heterocycles. The van der Waals surface area contributed by atoms with Crippen molar-refractivity contribution in [1.82, 2.24) is 14.6 Å². The van der Waals surface area contributed by atoms with Crippen molar-refractivity contribution in [1.29, 1.82) is 0 Å². The zero-order valence-electron chi connectivity index (χ0n) is 9.02. The average molecular weight is 304 g/mol. The molecular formula is C9H10BrN3O2S. The molecule has 0 aliphatic carbocycles. The second-order valence-corrected chi connectivity index (χ2v) is 6.35. The van der Waals surface area contributed by atoms with Crippen LogP contribution in [0.5, 0.6) is 0 Å². The number of nitrogens with zero attached hydrogens (tertiary/aromatic N) is 3. The lowest BCUT2D eigenvalue weighted by molar-refractivity contribution is 0.584. The Kier molecular flexibility index (Phi) is 2.54. The van der Waals surface area contributed by atoms with Crippen LogP contribution in [0.3, 0.4) is 0 Å². The van der Waals surface area contributed by atoms with Gasteiger partial charge >= 0.3 is 0 Å². The lowest BCUT2D eigenvalue weighted by atomic mass is 10.3. The molecule has 0 saturated carbocycles. The summed E-state index contributed by atoms with van der Waals surface area (Å²) in [7, 11) is -3.39. The van der Waals surface area contributed by atoms with Gasteiger partial charge in [-0.25, -0.2) is 17.9 Å². The molecule has 86 valence electrons. The van der Waals surface area contributed by atoms with E-state index in [4.69, 9.17) is 0 Å². The number of fused-ring (bicyclic) bond motifs is 1. The highest BCUT2D eigenvalue weighted by molar-refractivity contribution is 9.10. The topological polar surface area (TPSA) is 64.3 Å². The van der Waals surface area contributed by atoms with Gasteiger partial charge in [-0.3, -0.25) is 0 Å². The van der Waals surface area contributed by atoms with Crippen LogP contribution in [0, 0.1) is 13.8 Å². The van der Waals surface area contributed by atoms with E-state index in [1.54, 1.807) is 19.9 Å². The lowest BCUT2D eigenvalue weighted by Gasteiger charge is -2.02. The van der Waals surface area contributed by atoms with Gasteiger partial charge in [-0.1, -0.05) is 0 Å². The van der Waals surface area contributed by atoms with Gasteiger partial charge in [0.25, 0.3) is 0 Å². The summed E-state index contributed by atoms with van der Waals surface area (Å²) in [5, 5.41) is 4.12. The van der Waals surface area contributed by atoms with E-state index in [9.17, 15) is 8.42 Å². The van der Waals surface area contributed by atoms with Gasteiger partial charge in [-0.05, 0) is 35.8 Å². The summed E-state index contributed by atoms with van der Waals surface area (Å²) in [6.45, 7) is 3.56. The summed E-state index contributed by atoms with van der Waals surface area (Å²) in [5.41, 5.74) is 2.09. The highest BCUT2D eigenvalue weighted by atomic mass is 79.9. The van der Waals surface area contributed by atoms with E-state index in [-0.39, 0.29) is 5.16 Å². The minimum absolute atomic E-state index is 0.0312. The minimum atomic E-state index is -3.39. The molecule has 0 aliphatic rings. The van der Waals surface area contributed by atoms with Crippen LogP contribution in [-0.4, -0.2) is 29.3 Å². The van der Waals surface area contributed by atoms with E-state index in [1.165, 1.54) is 4.52 Å². The molecule has 0 amide bonds. The summed E-state index contributed by atoms with van der Waals surface area (Å²) in [6.07, 6.45) is 1.12. The maximum atomic E-state index is 11.6. The molecule has 0 atom stereocenters. The number of halogens is 1. The zero-order valence-corrected chi connectivity index (χ0v) is 11.4. The molecule has 5 nitrogen and oxygen atoms in total. The van der Waals surface area contributed by atoms with Crippen LogP contribution in [-0.2, 0) is 9.84 Å². The maximum absolute atomic E-state index is 11.6. The van der Waals surface area contributed by atoms with Crippen molar-refractivity contribution < 1.29 is 8.42 Å². The van der Waals surface area contributed by atoms with Crippen molar-refractivity contribution in [2.24, 2.45) is 0 Å². The van der Waals surface area contributed by atoms with E-state index in [2.05, 4.69) is 26.0 Å². The van der Waals surface area contributed by atoms with Crippen LogP contribution in [0.2, 0.25) is 0 Å². The van der Waals surface area contributed by atoms with E-state index in [1.807, 2.05) is 0 Å². The first-order chi connectivity index (χ1) is 7.30. The fraction of sp³-hybridized carbons (Fsp3) is 0.333. The number of hydrogen-bond donors (Lipinski definition) is 0. The Balaban J connectivity index is 3.00. The van der Waals surface area contributed by atoms with Crippen LogP contribution in [0.1, 0.15) is 11.4 Å². The molecule has 16 heavy (non-hydrogen) atoms. The number of aromatic nitrogens is 3. The van der Waals surface area contributed by atoms with Crippen molar-refractivity contribution in [2.75, 3.05) is 6.26 Å². The van der Waals surface area contributed by atoms with Crippen LogP contribution >= 0.6 is 15.9 Å². The molecule has 0 bridgehead atoms. The monoisotopic (exact) mass is 303 g/mol. The molecule has 2 aromatic heterocycles. The zero-order chi connectivity index (χ0) is 12.1. The summed E-state index contributed by atoms with van der Waals surface area (Å²) in [4.78, 5) is 4.02. The average Bonchev–Trinajstić information content (AvgIpc) is 2.42. The van der Waals surface area contributed by atoms with Gasteiger partial charge in [0.1, 0.15) is 0 Å². The number of aryl methyl sites for hydroxylation is 2. The molecule has 2 aromatic rings. The fourth-order valence-corrected chi connectivity index (χ4v) is 2.59. The van der Waals surface area contributed by atoms with Crippen LogP contribution in [0.4, 0.5) is 0 Å². The summed E-state index contributed by atoms with van der Waals surface area (Å²) in [6, 6.07) is 1.79. The van der Waals surface area contributed by atoms with Crippen LogP contribution in [0.15, 0.2) is 15.7 Å². The Morgan fingerprint density at radius 3 is 2.56 bits per heavy atom. The standard InChI is InChI=1S/C9H10BrN3O2S/c1-5-4-7-8(10)6(2)12-13(7)9(11-5)16(3,14)15/h4H,1-3H3. The molecule has 0 unspecified atom stereocenters. The van der Waals surface area contributed by atoms with Gasteiger partial charge in [-0.15, -0.1) is 0 Å². The first-order valence-electron chi connectivity index (χ1n) is 4.53. The van der Waals surface area contributed by atoms with Gasteiger partial charge in [0.15, 0.2) is 0 Å². The third-order valence-electron chi connectivity index (χ3n) is 2.15. The normalized spacial score (nSPS) is 12.2. The molecule has 0 aromatic carbocycles. The second-order valence-electron chi connectivity index (χ2n) is 3.65. The lowest BCUT2D eigenvalue weighted by Crippen LogP contribution is -2.10. The largest absolute Gasteiger partial charge is 0.248 e. The van der Waals surface area contributed by atoms with E-state index in [0.29, 0.717) is 11.2 Å². The quantitative estimate of drug-likeness (QED) is 0.749. The number of sulfone groups is 1. The Morgan fingerprint density at radius 2 is 2.00 bits per heavy atom. The predicted molar refractivity (Wildman–Crippen MR) is 63.3 cm³/mol. The van der Waals surface area contributed by atoms with Crippen LogP contribution in [0.25, 0.3) is 5.52 Å². The van der Waals surface area contributed by atoms with Gasteiger partial charge in [0, 0.05) is 11.9 Å². The second kappa shape index (κ2) is 3.53. The van der Waals surface area contributed by atoms with Crippen molar-refractivity contribution >= 4 is 31.3 Å². The summed E-state index contributed by atoms with van der Waals surface area (Å²) >= 11 is 3.38. The van der Waals surface area contributed by atoms with E-state index in [0.717, 1.165) is 16.4 Å². The highest BCUT2D eigenvalue weighted by Gasteiger charge is 2.18. The first kappa shape index (κ1) is 11.5. The Bertz CT molecular complexity index is 676. The van der Waals surface area contributed by atoms with Gasteiger partial charge in [0.05, 0.1) is 15.7 Å². The smallest absolute Gasteiger partial charge is 0.224 e. The molecule has 0 aliphatic heterocycles. The Labute approximate surface area is 102 Å². The summed E-state index contributed by atoms with van der Waals surface area (Å²) in [5.74, 6) is 0. The molecular weight excluding hydrogens is 294 g/mol. The van der Waals surface area contributed by atoms with Crippen molar-refractivity contribution in [3.05, 3.63) is 21.9 Å². The predicted octanol–water partition coefficient (Wildman–Crippen LogP) is 1.51. The van der Waals surface area contributed by atoms with Crippen LogP contribution < -0.4 is 0 Å². The minimum Gasteiger partial charge on any atom is -0.224 e. The third-order valence-corrected chi connectivity index (χ3v) is 4.06. The van der Waals surface area contributed by atoms with Crippen molar-refractivity contribution in [3.8, 4) is 0 Å².